The smallest absolute Gasteiger partial charge is 0.256 e. The molecule has 0 atom stereocenters. The molecule has 2 N–H and O–H groups in total. The van der Waals surface area contributed by atoms with Crippen molar-refractivity contribution in [3.8, 4) is 17.0 Å². The molecule has 152 valence electrons. The summed E-state index contributed by atoms with van der Waals surface area (Å²) in [4.78, 5) is 21.4. The number of para-hydroxylation sites is 1. The number of nitrogens with zero attached hydrogens (tertiary/aromatic N) is 1. The molecule has 5 rings (SSSR count). The predicted octanol–water partition coefficient (Wildman–Crippen LogP) is 6.41. The topological polar surface area (TPSA) is 67.0 Å². The molecule has 1 amide bonds. The Morgan fingerprint density at radius 2 is 1.81 bits per heavy atom. The highest BCUT2D eigenvalue weighted by Gasteiger charge is 2.16. The summed E-state index contributed by atoms with van der Waals surface area (Å²) in [6, 6.07) is 22.9. The summed E-state index contributed by atoms with van der Waals surface area (Å²) in [6.45, 7) is 0. The van der Waals surface area contributed by atoms with Crippen molar-refractivity contribution in [2.75, 3.05) is 12.4 Å². The van der Waals surface area contributed by atoms with Gasteiger partial charge in [-0.05, 0) is 54.6 Å². The Hall–Kier alpha value is -3.64. The van der Waals surface area contributed by atoms with Crippen molar-refractivity contribution in [2.45, 2.75) is 0 Å². The number of nitrogens with one attached hydrogen (secondary N) is 2. The van der Waals surface area contributed by atoms with Gasteiger partial charge in [0.15, 0.2) is 0 Å². The molecule has 0 fully saturated rings. The molecule has 2 aromatic heterocycles. The summed E-state index contributed by atoms with van der Waals surface area (Å²) >= 11 is 3.54. The van der Waals surface area contributed by atoms with Gasteiger partial charge in [0.05, 0.1) is 23.9 Å². The molecule has 0 aliphatic carbocycles. The number of aromatic nitrogens is 2. The van der Waals surface area contributed by atoms with Gasteiger partial charge in [0.25, 0.3) is 5.91 Å². The maximum absolute atomic E-state index is 13.2. The van der Waals surface area contributed by atoms with Crippen molar-refractivity contribution in [1.29, 1.82) is 0 Å². The van der Waals surface area contributed by atoms with Crippen LogP contribution in [0.25, 0.3) is 33.1 Å². The minimum atomic E-state index is -0.189. The number of hydrogen-bond acceptors (Lipinski definition) is 3. The number of carbonyl (C=O) groups excluding carboxylic acids is 1. The van der Waals surface area contributed by atoms with Crippen molar-refractivity contribution in [3.63, 3.8) is 0 Å². The van der Waals surface area contributed by atoms with Gasteiger partial charge >= 0.3 is 0 Å². The van der Waals surface area contributed by atoms with Gasteiger partial charge in [-0.2, -0.15) is 0 Å². The zero-order chi connectivity index (χ0) is 21.4. The molecule has 0 aliphatic rings. The number of rotatable bonds is 4. The van der Waals surface area contributed by atoms with Crippen LogP contribution in [0, 0.1) is 0 Å². The van der Waals surface area contributed by atoms with Crippen LogP contribution in [0.1, 0.15) is 10.4 Å². The number of anilines is 1. The summed E-state index contributed by atoms with van der Waals surface area (Å²) in [7, 11) is 1.61. The lowest BCUT2D eigenvalue weighted by Gasteiger charge is -2.11. The third kappa shape index (κ3) is 3.66. The van der Waals surface area contributed by atoms with Crippen LogP contribution in [0.2, 0.25) is 0 Å². The van der Waals surface area contributed by atoms with Crippen LogP contribution in [-0.4, -0.2) is 23.0 Å². The normalized spacial score (nSPS) is 11.0. The first-order valence-corrected chi connectivity index (χ1v) is 10.5. The average Bonchev–Trinajstić information content (AvgIpc) is 3.22. The van der Waals surface area contributed by atoms with E-state index < -0.39 is 0 Å². The number of hydrogen-bond donors (Lipinski definition) is 2. The molecule has 3 aromatic carbocycles. The van der Waals surface area contributed by atoms with Crippen molar-refractivity contribution in [3.05, 3.63) is 89.0 Å². The minimum Gasteiger partial charge on any atom is -0.497 e. The molecule has 0 aliphatic heterocycles. The first-order valence-electron chi connectivity index (χ1n) is 9.74. The summed E-state index contributed by atoms with van der Waals surface area (Å²) in [5.41, 5.74) is 4.73. The van der Waals surface area contributed by atoms with Gasteiger partial charge in [0.2, 0.25) is 0 Å². The lowest BCUT2D eigenvalue weighted by Crippen LogP contribution is -2.13. The summed E-state index contributed by atoms with van der Waals surface area (Å²) in [5, 5.41) is 4.83. The van der Waals surface area contributed by atoms with Crippen LogP contribution in [0.3, 0.4) is 0 Å². The fraction of sp³-hybridized carbons (Fsp3) is 0.0400. The number of benzene rings is 3. The Kier molecular flexibility index (Phi) is 4.92. The lowest BCUT2D eigenvalue weighted by molar-refractivity contribution is 0.102. The second kappa shape index (κ2) is 7.89. The van der Waals surface area contributed by atoms with Gasteiger partial charge < -0.3 is 15.0 Å². The van der Waals surface area contributed by atoms with Crippen molar-refractivity contribution in [1.82, 2.24) is 9.97 Å². The van der Waals surface area contributed by atoms with E-state index in [1.165, 1.54) is 0 Å². The van der Waals surface area contributed by atoms with Crippen molar-refractivity contribution < 1.29 is 9.53 Å². The number of methoxy groups -OCH3 is 1. The molecule has 5 nitrogen and oxygen atoms in total. The molecule has 0 saturated heterocycles. The van der Waals surface area contributed by atoms with Gasteiger partial charge in [0, 0.05) is 38.2 Å². The van der Waals surface area contributed by atoms with Crippen molar-refractivity contribution >= 4 is 49.3 Å². The number of fused-ring (bicyclic) bond motifs is 2. The van der Waals surface area contributed by atoms with Gasteiger partial charge in [0.1, 0.15) is 5.75 Å². The van der Waals surface area contributed by atoms with E-state index in [0.29, 0.717) is 11.3 Å². The number of pyridine rings is 1. The van der Waals surface area contributed by atoms with E-state index in [1.807, 2.05) is 72.9 Å². The quantitative estimate of drug-likeness (QED) is 0.318. The van der Waals surface area contributed by atoms with Gasteiger partial charge in [-0.15, -0.1) is 0 Å². The zero-order valence-corrected chi connectivity index (χ0v) is 18.2. The first-order chi connectivity index (χ1) is 15.1. The molecule has 6 heteroatoms. The predicted molar refractivity (Wildman–Crippen MR) is 128 cm³/mol. The second-order valence-corrected chi connectivity index (χ2v) is 8.06. The molecule has 0 saturated carbocycles. The van der Waals surface area contributed by atoms with E-state index in [9.17, 15) is 4.79 Å². The van der Waals surface area contributed by atoms with E-state index in [4.69, 9.17) is 9.72 Å². The van der Waals surface area contributed by atoms with E-state index in [0.717, 1.165) is 43.3 Å². The van der Waals surface area contributed by atoms with Crippen molar-refractivity contribution in [2.24, 2.45) is 0 Å². The second-order valence-electron chi connectivity index (χ2n) is 7.15. The van der Waals surface area contributed by atoms with Crippen LogP contribution in [0.4, 0.5) is 5.69 Å². The molecule has 0 spiro atoms. The largest absolute Gasteiger partial charge is 0.497 e. The van der Waals surface area contributed by atoms with E-state index in [-0.39, 0.29) is 5.91 Å². The van der Waals surface area contributed by atoms with Gasteiger partial charge in [-0.1, -0.05) is 34.1 Å². The molecule has 2 heterocycles. The number of aromatic amines is 1. The van der Waals surface area contributed by atoms with E-state index >= 15 is 0 Å². The highest BCUT2D eigenvalue weighted by molar-refractivity contribution is 9.10. The third-order valence-electron chi connectivity index (χ3n) is 5.23. The lowest BCUT2D eigenvalue weighted by atomic mass is 10.0. The number of amides is 1. The minimum absolute atomic E-state index is 0.189. The van der Waals surface area contributed by atoms with Crippen LogP contribution in [-0.2, 0) is 0 Å². The number of carbonyl (C=O) groups is 1. The maximum atomic E-state index is 13.2. The number of ether oxygens (including phenoxy) is 1. The van der Waals surface area contributed by atoms with Gasteiger partial charge in [-0.3, -0.25) is 4.79 Å². The number of H-pyrrole nitrogens is 1. The highest BCUT2D eigenvalue weighted by Crippen LogP contribution is 2.32. The van der Waals surface area contributed by atoms with Gasteiger partial charge in [-0.25, -0.2) is 4.98 Å². The molecular formula is C25H18BrN3O2. The molecule has 0 radical (unpaired) electrons. The summed E-state index contributed by atoms with van der Waals surface area (Å²) < 4.78 is 6.18. The number of halogens is 1. The SMILES string of the molecule is COc1ccc(NC(=O)c2cc(-c3c[nH]c4ccc(Br)cc34)nc3ccccc23)cc1. The molecule has 0 unspecified atom stereocenters. The molecular weight excluding hydrogens is 454 g/mol. The third-order valence-corrected chi connectivity index (χ3v) is 5.72. The Morgan fingerprint density at radius 1 is 1.00 bits per heavy atom. The summed E-state index contributed by atoms with van der Waals surface area (Å²) in [5.74, 6) is 0.547. The van der Waals surface area contributed by atoms with E-state index in [2.05, 4.69) is 32.3 Å². The first kappa shape index (κ1) is 19.3. The Labute approximate surface area is 187 Å². The Balaban J connectivity index is 1.61. The maximum Gasteiger partial charge on any atom is 0.256 e. The zero-order valence-electron chi connectivity index (χ0n) is 16.6. The van der Waals surface area contributed by atoms with Crippen LogP contribution >= 0.6 is 15.9 Å². The Bertz CT molecular complexity index is 1420. The Morgan fingerprint density at radius 3 is 2.61 bits per heavy atom. The average molecular weight is 472 g/mol. The molecule has 31 heavy (non-hydrogen) atoms. The fourth-order valence-electron chi connectivity index (χ4n) is 3.68. The summed E-state index contributed by atoms with van der Waals surface area (Å²) in [6.07, 6.45) is 1.93. The van der Waals surface area contributed by atoms with E-state index in [1.54, 1.807) is 7.11 Å². The molecule has 5 aromatic rings. The highest BCUT2D eigenvalue weighted by atomic mass is 79.9. The molecule has 0 bridgehead atoms. The van der Waals surface area contributed by atoms with Crippen LogP contribution < -0.4 is 10.1 Å². The van der Waals surface area contributed by atoms with Crippen LogP contribution in [0.15, 0.2) is 83.5 Å². The fourth-order valence-corrected chi connectivity index (χ4v) is 4.04. The standard InChI is InChI=1S/C25H18BrN3O2/c1-31-17-9-7-16(8-10-17)28-25(30)20-13-24(29-23-5-3-2-4-18(20)23)21-14-27-22-11-6-15(26)12-19(21)22/h2-14,27H,1H3,(H,28,30). The monoisotopic (exact) mass is 471 g/mol. The van der Waals surface area contributed by atoms with Crippen LogP contribution in [0.5, 0.6) is 5.75 Å².